The number of halogens is 1. The zero-order chi connectivity index (χ0) is 14.8. The van der Waals surface area contributed by atoms with Crippen molar-refractivity contribution in [2.75, 3.05) is 17.2 Å². The first kappa shape index (κ1) is 14.7. The van der Waals surface area contributed by atoms with E-state index in [1.54, 1.807) is 25.1 Å². The van der Waals surface area contributed by atoms with Crippen LogP contribution in [-0.4, -0.2) is 40.1 Å². The number of hydrogen-bond acceptors (Lipinski definition) is 6. The molecule has 0 aliphatic carbocycles. The van der Waals surface area contributed by atoms with Gasteiger partial charge in [0.05, 0.1) is 17.3 Å². The third-order valence-corrected chi connectivity index (χ3v) is 4.83. The molecule has 0 radical (unpaired) electrons. The molecule has 9 heteroatoms. The molecule has 0 aliphatic rings. The van der Waals surface area contributed by atoms with E-state index in [9.17, 15) is 8.42 Å². The molecule has 0 saturated carbocycles. The van der Waals surface area contributed by atoms with Gasteiger partial charge in [-0.3, -0.25) is 0 Å². The molecule has 0 unspecified atom stereocenters. The molecule has 20 heavy (non-hydrogen) atoms. The second kappa shape index (κ2) is 5.76. The molecule has 1 heterocycles. The fraction of sp³-hybridized carbons (Fsp3) is 0.364. The number of sulfone groups is 1. The predicted molar refractivity (Wildman–Crippen MR) is 77.0 cm³/mol. The van der Waals surface area contributed by atoms with E-state index >= 15 is 0 Å². The summed E-state index contributed by atoms with van der Waals surface area (Å²) in [5, 5.41) is 11.7. The van der Waals surface area contributed by atoms with Gasteiger partial charge in [0.2, 0.25) is 0 Å². The highest BCUT2D eigenvalue weighted by molar-refractivity contribution is 7.91. The van der Waals surface area contributed by atoms with Crippen LogP contribution in [0.2, 0.25) is 5.02 Å². The molecule has 0 amide bonds. The van der Waals surface area contributed by atoms with Gasteiger partial charge in [-0.25, -0.2) is 13.1 Å². The first-order valence-corrected chi connectivity index (χ1v) is 8.15. The van der Waals surface area contributed by atoms with Crippen molar-refractivity contribution in [1.29, 1.82) is 0 Å². The lowest BCUT2D eigenvalue weighted by molar-refractivity contribution is 0.577. The molecule has 0 fully saturated rings. The second-order valence-corrected chi connectivity index (χ2v) is 7.08. The summed E-state index contributed by atoms with van der Waals surface area (Å²) >= 11 is 6.09. The number of rotatable bonds is 5. The maximum atomic E-state index is 11.5. The molecule has 0 aliphatic heterocycles. The Labute approximate surface area is 121 Å². The van der Waals surface area contributed by atoms with Crippen LogP contribution in [0.25, 0.3) is 11.4 Å². The lowest BCUT2D eigenvalue weighted by Crippen LogP contribution is -2.16. The molecule has 7 nitrogen and oxygen atoms in total. The summed E-state index contributed by atoms with van der Waals surface area (Å²) < 4.78 is 24.5. The summed E-state index contributed by atoms with van der Waals surface area (Å²) in [5.74, 6) is 0.457. The van der Waals surface area contributed by atoms with Crippen molar-refractivity contribution in [2.24, 2.45) is 0 Å². The van der Waals surface area contributed by atoms with E-state index in [1.165, 1.54) is 4.68 Å². The molecule has 2 aromatic rings. The van der Waals surface area contributed by atoms with Gasteiger partial charge < -0.3 is 5.73 Å². The topological polar surface area (TPSA) is 104 Å². The van der Waals surface area contributed by atoms with Crippen LogP contribution in [0.4, 0.5) is 5.69 Å². The van der Waals surface area contributed by atoms with E-state index in [2.05, 4.69) is 15.5 Å². The number of benzene rings is 1. The molecular weight excluding hydrogens is 302 g/mol. The van der Waals surface area contributed by atoms with Gasteiger partial charge in [0, 0.05) is 17.0 Å². The number of nitrogens with two attached hydrogens (primary N) is 1. The van der Waals surface area contributed by atoms with Crippen molar-refractivity contribution in [3.05, 3.63) is 23.2 Å². The predicted octanol–water partition coefficient (Wildman–Crippen LogP) is 1.01. The maximum absolute atomic E-state index is 11.5. The number of aromatic nitrogens is 4. The number of nitrogen functional groups attached to an aromatic ring is 1. The van der Waals surface area contributed by atoms with Crippen LogP contribution in [0.3, 0.4) is 0 Å². The van der Waals surface area contributed by atoms with E-state index in [4.69, 9.17) is 17.3 Å². The molecule has 108 valence electrons. The highest BCUT2D eigenvalue weighted by atomic mass is 35.5. The molecule has 0 saturated heterocycles. The fourth-order valence-corrected chi connectivity index (χ4v) is 2.57. The van der Waals surface area contributed by atoms with Gasteiger partial charge in [-0.05, 0) is 28.6 Å². The third-order valence-electron chi connectivity index (χ3n) is 2.82. The minimum atomic E-state index is -3.09. The van der Waals surface area contributed by atoms with Gasteiger partial charge >= 0.3 is 0 Å². The van der Waals surface area contributed by atoms with E-state index in [0.29, 0.717) is 22.1 Å². The zero-order valence-electron chi connectivity index (χ0n) is 10.8. The molecule has 1 aromatic carbocycles. The fourth-order valence-electron chi connectivity index (χ4n) is 1.63. The number of aryl methyl sites for hydroxylation is 1. The first-order chi connectivity index (χ1) is 9.43. The lowest BCUT2D eigenvalue weighted by Gasteiger charge is -2.07. The van der Waals surface area contributed by atoms with Crippen LogP contribution in [0.5, 0.6) is 0 Å². The van der Waals surface area contributed by atoms with Gasteiger partial charge in [-0.15, -0.1) is 5.10 Å². The first-order valence-electron chi connectivity index (χ1n) is 5.95. The molecule has 1 aromatic heterocycles. The Kier molecular flexibility index (Phi) is 4.24. The van der Waals surface area contributed by atoms with Crippen molar-refractivity contribution in [1.82, 2.24) is 20.2 Å². The molecular formula is C11H14ClN5O2S. The van der Waals surface area contributed by atoms with Crippen LogP contribution in [0.15, 0.2) is 18.2 Å². The molecule has 0 bridgehead atoms. The second-order valence-electron chi connectivity index (χ2n) is 4.20. The molecule has 0 spiro atoms. The Balaban J connectivity index is 2.31. The summed E-state index contributed by atoms with van der Waals surface area (Å²) in [6.45, 7) is 1.77. The minimum absolute atomic E-state index is 0.0263. The van der Waals surface area contributed by atoms with Crippen LogP contribution in [0.1, 0.15) is 6.92 Å². The van der Waals surface area contributed by atoms with E-state index in [-0.39, 0.29) is 18.1 Å². The van der Waals surface area contributed by atoms with Gasteiger partial charge in [-0.2, -0.15) is 0 Å². The Bertz CT molecular complexity index is 713. The highest BCUT2D eigenvalue weighted by Gasteiger charge is 2.15. The Morgan fingerprint density at radius 1 is 1.40 bits per heavy atom. The smallest absolute Gasteiger partial charge is 0.183 e. The minimum Gasteiger partial charge on any atom is -0.399 e. The quantitative estimate of drug-likeness (QED) is 0.826. The van der Waals surface area contributed by atoms with E-state index in [1.807, 2.05) is 0 Å². The summed E-state index contributed by atoms with van der Waals surface area (Å²) in [4.78, 5) is 0. The normalized spacial score (nSPS) is 11.7. The van der Waals surface area contributed by atoms with Crippen LogP contribution < -0.4 is 5.73 Å². The van der Waals surface area contributed by atoms with Crippen LogP contribution in [-0.2, 0) is 16.4 Å². The Hall–Kier alpha value is -1.67. The van der Waals surface area contributed by atoms with Crippen molar-refractivity contribution >= 4 is 27.1 Å². The maximum Gasteiger partial charge on any atom is 0.183 e. The number of nitrogens with zero attached hydrogens (tertiary/aromatic N) is 4. The number of tetrazole rings is 1. The Morgan fingerprint density at radius 2 is 2.15 bits per heavy atom. The van der Waals surface area contributed by atoms with Crippen LogP contribution in [0, 0.1) is 0 Å². The van der Waals surface area contributed by atoms with Crippen molar-refractivity contribution in [3.8, 4) is 11.4 Å². The molecule has 2 N–H and O–H groups in total. The van der Waals surface area contributed by atoms with Gasteiger partial charge in [0.1, 0.15) is 0 Å². The Morgan fingerprint density at radius 3 is 2.85 bits per heavy atom. The lowest BCUT2D eigenvalue weighted by atomic mass is 10.2. The SMILES string of the molecule is CCS(=O)(=O)CCn1nnnc1-c1cc(N)ccc1Cl. The largest absolute Gasteiger partial charge is 0.399 e. The van der Waals surface area contributed by atoms with Crippen molar-refractivity contribution in [2.45, 2.75) is 13.5 Å². The van der Waals surface area contributed by atoms with Gasteiger partial charge in [-0.1, -0.05) is 18.5 Å². The summed E-state index contributed by atoms with van der Waals surface area (Å²) in [5.41, 5.74) is 6.82. The average Bonchev–Trinajstić information content (AvgIpc) is 2.87. The highest BCUT2D eigenvalue weighted by Crippen LogP contribution is 2.27. The molecule has 0 atom stereocenters. The van der Waals surface area contributed by atoms with Crippen LogP contribution >= 0.6 is 11.6 Å². The summed E-state index contributed by atoms with van der Waals surface area (Å²) in [6, 6.07) is 4.97. The van der Waals surface area contributed by atoms with E-state index in [0.717, 1.165) is 0 Å². The average molecular weight is 316 g/mol. The van der Waals surface area contributed by atoms with E-state index < -0.39 is 9.84 Å². The molecule has 2 rings (SSSR count). The van der Waals surface area contributed by atoms with Gasteiger partial charge in [0.25, 0.3) is 0 Å². The standard InChI is InChI=1S/C11H14ClN5O2S/c1-2-20(18,19)6-5-17-11(14-15-16-17)9-7-8(13)3-4-10(9)12/h3-4,7H,2,5-6,13H2,1H3. The summed E-state index contributed by atoms with van der Waals surface area (Å²) in [6.07, 6.45) is 0. The van der Waals surface area contributed by atoms with Crippen molar-refractivity contribution < 1.29 is 8.42 Å². The number of hydrogen-bond donors (Lipinski definition) is 1. The third kappa shape index (κ3) is 3.26. The zero-order valence-corrected chi connectivity index (χ0v) is 12.4. The summed E-state index contributed by atoms with van der Waals surface area (Å²) in [7, 11) is -3.09. The van der Waals surface area contributed by atoms with Crippen molar-refractivity contribution in [3.63, 3.8) is 0 Å². The monoisotopic (exact) mass is 315 g/mol. The van der Waals surface area contributed by atoms with Gasteiger partial charge in [0.15, 0.2) is 15.7 Å². The number of anilines is 1.